The summed E-state index contributed by atoms with van der Waals surface area (Å²) in [5, 5.41) is 0. The van der Waals surface area contributed by atoms with Crippen molar-refractivity contribution in [3.8, 4) is 0 Å². The number of hydrogen-bond donors (Lipinski definition) is 0. The molecule has 0 aliphatic rings. The summed E-state index contributed by atoms with van der Waals surface area (Å²) in [6.07, 6.45) is 1.95. The Hall–Kier alpha value is -0.560. The maximum atomic E-state index is 4.20. The molecule has 1 atom stereocenters. The molecule has 1 heteroatoms. The summed E-state index contributed by atoms with van der Waals surface area (Å²) in [6, 6.07) is 0.466. The average molecular weight is 195 g/mol. The van der Waals surface area contributed by atoms with Crippen molar-refractivity contribution in [2.24, 2.45) is 11.8 Å². The molecule has 0 aliphatic heterocycles. The molecule has 82 valence electrons. The van der Waals surface area contributed by atoms with E-state index in [1.54, 1.807) is 0 Å². The van der Waals surface area contributed by atoms with Crippen LogP contribution in [0.1, 0.15) is 27.7 Å². The summed E-state index contributed by atoms with van der Waals surface area (Å²) >= 11 is 0. The van der Waals surface area contributed by atoms with E-state index < -0.39 is 0 Å². The molecule has 1 unspecified atom stereocenters. The molecule has 0 saturated heterocycles. The Morgan fingerprint density at radius 1 is 1.29 bits per heavy atom. The Bertz CT molecular complexity index is 191. The first-order chi connectivity index (χ1) is 6.41. The van der Waals surface area contributed by atoms with Gasteiger partial charge in [0.05, 0.1) is 0 Å². The monoisotopic (exact) mass is 195 g/mol. The molecule has 0 spiro atoms. The minimum absolute atomic E-state index is 0.466. The first-order valence-corrected chi connectivity index (χ1v) is 5.41. The van der Waals surface area contributed by atoms with Crippen molar-refractivity contribution in [2.45, 2.75) is 33.7 Å². The van der Waals surface area contributed by atoms with Crippen LogP contribution in [0.25, 0.3) is 0 Å². The van der Waals surface area contributed by atoms with Crippen LogP contribution >= 0.6 is 0 Å². The summed E-state index contributed by atoms with van der Waals surface area (Å²) < 4.78 is 0. The fourth-order valence-corrected chi connectivity index (χ4v) is 1.88. The van der Waals surface area contributed by atoms with Gasteiger partial charge in [0.15, 0.2) is 0 Å². The molecular formula is C13H25N. The molecule has 0 bridgehead atoms. The van der Waals surface area contributed by atoms with Gasteiger partial charge in [-0.25, -0.2) is 0 Å². The van der Waals surface area contributed by atoms with Crippen LogP contribution in [-0.4, -0.2) is 24.5 Å². The molecule has 0 saturated carbocycles. The second kappa shape index (κ2) is 6.02. The highest BCUT2D eigenvalue weighted by molar-refractivity contribution is 5.10. The van der Waals surface area contributed by atoms with E-state index in [4.69, 9.17) is 0 Å². The summed E-state index contributed by atoms with van der Waals surface area (Å²) in [5.41, 5.74) is 1.32. The van der Waals surface area contributed by atoms with Crippen LogP contribution in [0.15, 0.2) is 24.8 Å². The maximum Gasteiger partial charge on any atom is 0.0330 e. The largest absolute Gasteiger partial charge is 0.296 e. The van der Waals surface area contributed by atoms with Crippen LogP contribution in [-0.2, 0) is 0 Å². The number of nitrogens with zero attached hydrogens (tertiary/aromatic N) is 1. The average Bonchev–Trinajstić information content (AvgIpc) is 2.03. The lowest BCUT2D eigenvalue weighted by Crippen LogP contribution is -2.38. The Labute approximate surface area is 89.5 Å². The second-order valence-electron chi connectivity index (χ2n) is 4.65. The van der Waals surface area contributed by atoms with Crippen molar-refractivity contribution in [3.63, 3.8) is 0 Å². The Morgan fingerprint density at radius 2 is 1.79 bits per heavy atom. The zero-order chi connectivity index (χ0) is 11.3. The Morgan fingerprint density at radius 3 is 2.07 bits per heavy atom. The van der Waals surface area contributed by atoms with E-state index in [1.807, 2.05) is 6.08 Å². The van der Waals surface area contributed by atoms with Crippen LogP contribution in [0, 0.1) is 11.8 Å². The van der Waals surface area contributed by atoms with Crippen molar-refractivity contribution in [3.05, 3.63) is 24.8 Å². The molecule has 0 amide bonds. The summed E-state index contributed by atoms with van der Waals surface area (Å²) in [7, 11) is 2.14. The van der Waals surface area contributed by atoms with Gasteiger partial charge >= 0.3 is 0 Å². The highest BCUT2D eigenvalue weighted by atomic mass is 15.1. The van der Waals surface area contributed by atoms with Gasteiger partial charge in [0.25, 0.3) is 0 Å². The van der Waals surface area contributed by atoms with Gasteiger partial charge in [-0.1, -0.05) is 45.9 Å². The van der Waals surface area contributed by atoms with Gasteiger partial charge in [-0.2, -0.15) is 0 Å². The van der Waals surface area contributed by atoms with Crippen molar-refractivity contribution in [1.82, 2.24) is 4.90 Å². The maximum absolute atomic E-state index is 4.20. The van der Waals surface area contributed by atoms with Gasteiger partial charge in [-0.15, -0.1) is 6.58 Å². The zero-order valence-electron chi connectivity index (χ0n) is 10.4. The molecule has 0 aromatic rings. The minimum atomic E-state index is 0.466. The first-order valence-electron chi connectivity index (χ1n) is 5.41. The van der Waals surface area contributed by atoms with E-state index in [-0.39, 0.29) is 0 Å². The van der Waals surface area contributed by atoms with Crippen LogP contribution in [0.3, 0.4) is 0 Å². The van der Waals surface area contributed by atoms with Gasteiger partial charge in [0, 0.05) is 12.6 Å². The van der Waals surface area contributed by atoms with E-state index in [0.29, 0.717) is 17.9 Å². The van der Waals surface area contributed by atoms with Crippen molar-refractivity contribution in [1.29, 1.82) is 0 Å². The van der Waals surface area contributed by atoms with E-state index >= 15 is 0 Å². The second-order valence-corrected chi connectivity index (χ2v) is 4.65. The van der Waals surface area contributed by atoms with Crippen molar-refractivity contribution >= 4 is 0 Å². The third-order valence-corrected chi connectivity index (χ3v) is 2.64. The van der Waals surface area contributed by atoms with Crippen LogP contribution < -0.4 is 0 Å². The summed E-state index contributed by atoms with van der Waals surface area (Å²) in [4.78, 5) is 2.32. The molecule has 0 aromatic heterocycles. The SMILES string of the molecule is C=CCN(C)C(C(=C)C(C)C)C(C)C. The fourth-order valence-electron chi connectivity index (χ4n) is 1.88. The zero-order valence-corrected chi connectivity index (χ0v) is 10.4. The molecule has 14 heavy (non-hydrogen) atoms. The lowest BCUT2D eigenvalue weighted by atomic mass is 9.89. The predicted octanol–water partition coefficient (Wildman–Crippen LogP) is 3.34. The van der Waals surface area contributed by atoms with Gasteiger partial charge in [0.2, 0.25) is 0 Å². The van der Waals surface area contributed by atoms with E-state index in [1.165, 1.54) is 5.57 Å². The molecule has 0 N–H and O–H groups in total. The molecule has 0 heterocycles. The third-order valence-electron chi connectivity index (χ3n) is 2.64. The molecule has 0 aromatic carbocycles. The van der Waals surface area contributed by atoms with Gasteiger partial charge in [-0.3, -0.25) is 4.90 Å². The fraction of sp³-hybridized carbons (Fsp3) is 0.692. The summed E-state index contributed by atoms with van der Waals surface area (Å²) in [6.45, 7) is 17.8. The van der Waals surface area contributed by atoms with Gasteiger partial charge in [0.1, 0.15) is 0 Å². The minimum Gasteiger partial charge on any atom is -0.296 e. The highest BCUT2D eigenvalue weighted by Gasteiger charge is 2.22. The van der Waals surface area contributed by atoms with Crippen molar-refractivity contribution in [2.75, 3.05) is 13.6 Å². The smallest absolute Gasteiger partial charge is 0.0330 e. The van der Waals surface area contributed by atoms with Gasteiger partial charge in [-0.05, 0) is 18.9 Å². The van der Waals surface area contributed by atoms with E-state index in [9.17, 15) is 0 Å². The van der Waals surface area contributed by atoms with Crippen LogP contribution in [0.4, 0.5) is 0 Å². The normalized spacial score (nSPS) is 13.7. The Balaban J connectivity index is 4.58. The van der Waals surface area contributed by atoms with Gasteiger partial charge < -0.3 is 0 Å². The molecule has 1 nitrogen and oxygen atoms in total. The molecule has 0 radical (unpaired) electrons. The highest BCUT2D eigenvalue weighted by Crippen LogP contribution is 2.22. The lowest BCUT2D eigenvalue weighted by molar-refractivity contribution is 0.233. The Kier molecular flexibility index (Phi) is 5.78. The quantitative estimate of drug-likeness (QED) is 0.588. The van der Waals surface area contributed by atoms with E-state index in [0.717, 1.165) is 6.54 Å². The number of likely N-dealkylation sites (N-methyl/N-ethyl adjacent to an activating group) is 1. The van der Waals surface area contributed by atoms with E-state index in [2.05, 4.69) is 52.8 Å². The predicted molar refractivity (Wildman–Crippen MR) is 65.4 cm³/mol. The van der Waals surface area contributed by atoms with Crippen molar-refractivity contribution < 1.29 is 0 Å². The first kappa shape index (κ1) is 13.4. The number of rotatable bonds is 6. The molecule has 0 fully saturated rings. The van der Waals surface area contributed by atoms with Crippen LogP contribution in [0.5, 0.6) is 0 Å². The standard InChI is InChI=1S/C13H25N/c1-8-9-14(7)13(11(4)5)12(6)10(2)3/h8,10-11,13H,1,6,9H2,2-5,7H3. The number of hydrogen-bond acceptors (Lipinski definition) is 1. The molecular weight excluding hydrogens is 170 g/mol. The van der Waals surface area contributed by atoms with Crippen LogP contribution in [0.2, 0.25) is 0 Å². The molecule has 0 aliphatic carbocycles. The lowest BCUT2D eigenvalue weighted by Gasteiger charge is -2.33. The topological polar surface area (TPSA) is 3.24 Å². The third kappa shape index (κ3) is 3.67. The summed E-state index contributed by atoms with van der Waals surface area (Å²) in [5.74, 6) is 1.16. The molecule has 0 rings (SSSR count).